The molecule has 0 bridgehead atoms. The second-order valence-corrected chi connectivity index (χ2v) is 7.62. The van der Waals surface area contributed by atoms with Crippen LogP contribution in [-0.2, 0) is 0 Å². The molecule has 4 rings (SSSR count). The molecule has 0 radical (unpaired) electrons. The standard InChI is InChI=1S/C25H29N3O4/c1-17-3-5-19(26)13-23(17)29-11-9-27-20-6-4-18(2)24(14-20)30-12-10-28-21-7-8-22-25(15-21)32-16-31-22/h3-8,13-15,27-28H,9-12,16,26H2,1-2H3. The molecule has 0 aromatic heterocycles. The summed E-state index contributed by atoms with van der Waals surface area (Å²) in [4.78, 5) is 0. The minimum absolute atomic E-state index is 0.276. The monoisotopic (exact) mass is 435 g/mol. The minimum atomic E-state index is 0.276. The summed E-state index contributed by atoms with van der Waals surface area (Å²) in [5, 5.41) is 6.72. The first-order valence-corrected chi connectivity index (χ1v) is 10.7. The van der Waals surface area contributed by atoms with Crippen molar-refractivity contribution >= 4 is 17.1 Å². The summed E-state index contributed by atoms with van der Waals surface area (Å²) in [6.07, 6.45) is 0. The Morgan fingerprint density at radius 2 is 1.34 bits per heavy atom. The molecule has 1 aliphatic heterocycles. The number of aryl methyl sites for hydroxylation is 2. The quantitative estimate of drug-likeness (QED) is 0.317. The summed E-state index contributed by atoms with van der Waals surface area (Å²) < 4.78 is 22.6. The van der Waals surface area contributed by atoms with Crippen molar-refractivity contribution in [1.82, 2.24) is 0 Å². The number of nitrogens with two attached hydrogens (primary N) is 1. The van der Waals surface area contributed by atoms with Crippen molar-refractivity contribution in [3.05, 3.63) is 65.7 Å². The van der Waals surface area contributed by atoms with E-state index < -0.39 is 0 Å². The van der Waals surface area contributed by atoms with Gasteiger partial charge in [0.25, 0.3) is 0 Å². The minimum Gasteiger partial charge on any atom is -0.491 e. The maximum absolute atomic E-state index is 5.99. The van der Waals surface area contributed by atoms with Crippen LogP contribution >= 0.6 is 0 Å². The molecule has 7 heteroatoms. The van der Waals surface area contributed by atoms with Crippen LogP contribution in [0.3, 0.4) is 0 Å². The molecule has 0 spiro atoms. The average molecular weight is 436 g/mol. The molecule has 0 fully saturated rings. The SMILES string of the molecule is Cc1ccc(N)cc1OCCNc1ccc(C)c(OCCNc2ccc3c(c2)OCO3)c1. The highest BCUT2D eigenvalue weighted by Crippen LogP contribution is 2.34. The Kier molecular flexibility index (Phi) is 6.75. The van der Waals surface area contributed by atoms with Gasteiger partial charge in [-0.05, 0) is 49.2 Å². The van der Waals surface area contributed by atoms with Crippen LogP contribution in [0.15, 0.2) is 54.6 Å². The van der Waals surface area contributed by atoms with Gasteiger partial charge in [-0.2, -0.15) is 0 Å². The maximum atomic E-state index is 5.99. The Labute approximate surface area is 188 Å². The number of anilines is 3. The van der Waals surface area contributed by atoms with Crippen LogP contribution in [0.5, 0.6) is 23.0 Å². The van der Waals surface area contributed by atoms with E-state index >= 15 is 0 Å². The van der Waals surface area contributed by atoms with Crippen molar-refractivity contribution in [3.63, 3.8) is 0 Å². The van der Waals surface area contributed by atoms with Crippen molar-refractivity contribution in [2.24, 2.45) is 0 Å². The van der Waals surface area contributed by atoms with Gasteiger partial charge in [-0.25, -0.2) is 0 Å². The van der Waals surface area contributed by atoms with Crippen LogP contribution < -0.4 is 35.3 Å². The van der Waals surface area contributed by atoms with E-state index in [0.29, 0.717) is 32.0 Å². The number of rotatable bonds is 10. The van der Waals surface area contributed by atoms with Gasteiger partial charge in [0.15, 0.2) is 11.5 Å². The third kappa shape index (κ3) is 5.49. The molecular formula is C25H29N3O4. The molecule has 0 aliphatic carbocycles. The lowest BCUT2D eigenvalue weighted by molar-refractivity contribution is 0.174. The van der Waals surface area contributed by atoms with Gasteiger partial charge in [-0.15, -0.1) is 0 Å². The van der Waals surface area contributed by atoms with Crippen LogP contribution in [0.1, 0.15) is 11.1 Å². The van der Waals surface area contributed by atoms with Crippen molar-refractivity contribution in [2.45, 2.75) is 13.8 Å². The highest BCUT2D eigenvalue weighted by molar-refractivity contribution is 5.56. The van der Waals surface area contributed by atoms with Gasteiger partial charge in [-0.3, -0.25) is 0 Å². The van der Waals surface area contributed by atoms with Crippen LogP contribution in [-0.4, -0.2) is 33.1 Å². The van der Waals surface area contributed by atoms with Gasteiger partial charge in [0, 0.05) is 48.4 Å². The van der Waals surface area contributed by atoms with Gasteiger partial charge in [0.2, 0.25) is 6.79 Å². The van der Waals surface area contributed by atoms with E-state index in [2.05, 4.69) is 10.6 Å². The lowest BCUT2D eigenvalue weighted by Gasteiger charge is -2.14. The van der Waals surface area contributed by atoms with Gasteiger partial charge in [-0.1, -0.05) is 12.1 Å². The normalized spacial score (nSPS) is 11.8. The van der Waals surface area contributed by atoms with Gasteiger partial charge < -0.3 is 35.3 Å². The molecule has 0 atom stereocenters. The fourth-order valence-electron chi connectivity index (χ4n) is 3.36. The molecule has 0 amide bonds. The fourth-order valence-corrected chi connectivity index (χ4v) is 3.36. The maximum Gasteiger partial charge on any atom is 0.231 e. The number of nitrogen functional groups attached to an aromatic ring is 1. The zero-order valence-corrected chi connectivity index (χ0v) is 18.4. The molecule has 1 heterocycles. The second kappa shape index (κ2) is 10.0. The zero-order valence-electron chi connectivity index (χ0n) is 18.4. The molecule has 0 saturated carbocycles. The van der Waals surface area contributed by atoms with Crippen LogP contribution in [0.2, 0.25) is 0 Å². The number of fused-ring (bicyclic) bond motifs is 1. The Morgan fingerprint density at radius 1 is 0.750 bits per heavy atom. The summed E-state index contributed by atoms with van der Waals surface area (Å²) in [6.45, 7) is 6.73. The van der Waals surface area contributed by atoms with Crippen molar-refractivity contribution < 1.29 is 18.9 Å². The number of hydrogen-bond donors (Lipinski definition) is 3. The van der Waals surface area contributed by atoms with Crippen LogP contribution in [0.25, 0.3) is 0 Å². The van der Waals surface area contributed by atoms with Crippen molar-refractivity contribution in [3.8, 4) is 23.0 Å². The Balaban J connectivity index is 1.22. The van der Waals surface area contributed by atoms with E-state index in [1.54, 1.807) is 0 Å². The number of ether oxygens (including phenoxy) is 4. The highest BCUT2D eigenvalue weighted by atomic mass is 16.7. The molecule has 7 nitrogen and oxygen atoms in total. The molecule has 32 heavy (non-hydrogen) atoms. The number of nitrogens with one attached hydrogen (secondary N) is 2. The van der Waals surface area contributed by atoms with Gasteiger partial charge in [0.05, 0.1) is 0 Å². The summed E-state index contributed by atoms with van der Waals surface area (Å²) in [5.41, 5.74) is 10.7. The average Bonchev–Trinajstić information content (AvgIpc) is 3.26. The smallest absolute Gasteiger partial charge is 0.231 e. The lowest BCUT2D eigenvalue weighted by Crippen LogP contribution is -2.13. The van der Waals surface area contributed by atoms with E-state index in [-0.39, 0.29) is 6.79 Å². The van der Waals surface area contributed by atoms with Crippen LogP contribution in [0, 0.1) is 13.8 Å². The first-order valence-electron chi connectivity index (χ1n) is 10.7. The predicted molar refractivity (Wildman–Crippen MR) is 127 cm³/mol. The van der Waals surface area contributed by atoms with Gasteiger partial charge in [0.1, 0.15) is 24.7 Å². The molecule has 0 saturated heterocycles. The Morgan fingerprint density at radius 3 is 2.09 bits per heavy atom. The summed E-state index contributed by atoms with van der Waals surface area (Å²) >= 11 is 0. The molecule has 3 aromatic carbocycles. The molecule has 3 aromatic rings. The zero-order chi connectivity index (χ0) is 22.3. The number of hydrogen-bond acceptors (Lipinski definition) is 7. The Bertz CT molecular complexity index is 1070. The van der Waals surface area contributed by atoms with Gasteiger partial charge >= 0.3 is 0 Å². The number of benzene rings is 3. The van der Waals surface area contributed by atoms with E-state index in [4.69, 9.17) is 24.7 Å². The largest absolute Gasteiger partial charge is 0.491 e. The summed E-state index contributed by atoms with van der Waals surface area (Å²) in [6, 6.07) is 17.6. The molecule has 1 aliphatic rings. The van der Waals surface area contributed by atoms with Crippen molar-refractivity contribution in [1.29, 1.82) is 0 Å². The van der Waals surface area contributed by atoms with Crippen molar-refractivity contribution in [2.75, 3.05) is 49.5 Å². The molecule has 4 N–H and O–H groups in total. The molecule has 0 unspecified atom stereocenters. The first kappa shape index (κ1) is 21.5. The lowest BCUT2D eigenvalue weighted by atomic mass is 10.2. The highest BCUT2D eigenvalue weighted by Gasteiger charge is 2.13. The topological polar surface area (TPSA) is 87.0 Å². The third-order valence-corrected chi connectivity index (χ3v) is 5.15. The fraction of sp³-hybridized carbons (Fsp3) is 0.280. The summed E-state index contributed by atoms with van der Waals surface area (Å²) in [5.74, 6) is 3.21. The molecular weight excluding hydrogens is 406 g/mol. The Hall–Kier alpha value is -3.74. The first-order chi connectivity index (χ1) is 15.6. The van der Waals surface area contributed by atoms with E-state index in [1.165, 1.54) is 0 Å². The molecule has 168 valence electrons. The summed E-state index contributed by atoms with van der Waals surface area (Å²) in [7, 11) is 0. The van der Waals surface area contributed by atoms with E-state index in [9.17, 15) is 0 Å². The third-order valence-electron chi connectivity index (χ3n) is 5.15. The predicted octanol–water partition coefficient (Wildman–Crippen LogP) is 4.60. The van der Waals surface area contributed by atoms with E-state index in [1.807, 2.05) is 68.4 Å². The van der Waals surface area contributed by atoms with E-state index in [0.717, 1.165) is 45.5 Å². The second-order valence-electron chi connectivity index (χ2n) is 7.62. The van der Waals surface area contributed by atoms with Crippen LogP contribution in [0.4, 0.5) is 17.1 Å².